The maximum absolute atomic E-state index is 12.1. The molecular formula is C14H10F2N4O4. The molecule has 24 heavy (non-hydrogen) atoms. The van der Waals surface area contributed by atoms with E-state index in [1.807, 2.05) is 0 Å². The Morgan fingerprint density at radius 3 is 2.54 bits per heavy atom. The van der Waals surface area contributed by atoms with Gasteiger partial charge in [-0.15, -0.1) is 5.10 Å². The molecule has 8 nitrogen and oxygen atoms in total. The van der Waals surface area contributed by atoms with E-state index in [-0.39, 0.29) is 18.2 Å². The highest BCUT2D eigenvalue weighted by molar-refractivity contribution is 5.59. The molecule has 2 heterocycles. The minimum atomic E-state index is -2.90. The number of halogens is 2. The first-order chi connectivity index (χ1) is 11.5. The largest absolute Gasteiger partial charge is 0.435 e. The fraction of sp³-hybridized carbons (Fsp3) is 0.143. The van der Waals surface area contributed by atoms with Gasteiger partial charge in [-0.2, -0.15) is 13.9 Å². The lowest BCUT2D eigenvalue weighted by Crippen LogP contribution is -2.23. The van der Waals surface area contributed by atoms with E-state index in [4.69, 9.17) is 4.42 Å². The van der Waals surface area contributed by atoms with Gasteiger partial charge < -0.3 is 9.15 Å². The molecule has 0 radical (unpaired) electrons. The van der Waals surface area contributed by atoms with Crippen LogP contribution in [0.2, 0.25) is 0 Å². The Morgan fingerprint density at radius 1 is 1.17 bits per heavy atom. The van der Waals surface area contributed by atoms with Crippen LogP contribution in [0.3, 0.4) is 0 Å². The number of H-pyrrole nitrogens is 1. The lowest BCUT2D eigenvalue weighted by atomic mass is 10.1. The molecule has 0 fully saturated rings. The SMILES string of the molecule is O=c1[nH]nc(Cn2nc(-c3ccc(OC(F)F)cc3)ccc2=O)o1. The van der Waals surface area contributed by atoms with Crippen molar-refractivity contribution >= 4 is 0 Å². The summed E-state index contributed by atoms with van der Waals surface area (Å²) >= 11 is 0. The molecule has 3 rings (SSSR count). The summed E-state index contributed by atoms with van der Waals surface area (Å²) in [7, 11) is 0. The van der Waals surface area contributed by atoms with Crippen LogP contribution in [-0.4, -0.2) is 26.6 Å². The van der Waals surface area contributed by atoms with Crippen LogP contribution >= 0.6 is 0 Å². The highest BCUT2D eigenvalue weighted by Gasteiger charge is 2.09. The molecule has 0 saturated heterocycles. The number of ether oxygens (including phenoxy) is 1. The Labute approximate surface area is 132 Å². The first kappa shape index (κ1) is 15.6. The van der Waals surface area contributed by atoms with Crippen molar-refractivity contribution in [3.05, 3.63) is 63.2 Å². The summed E-state index contributed by atoms with van der Waals surface area (Å²) in [5.41, 5.74) is 0.604. The number of hydrogen-bond acceptors (Lipinski definition) is 6. The Morgan fingerprint density at radius 2 is 1.92 bits per heavy atom. The van der Waals surface area contributed by atoms with Crippen LogP contribution in [0.1, 0.15) is 5.89 Å². The van der Waals surface area contributed by atoms with Gasteiger partial charge in [0.25, 0.3) is 5.56 Å². The second-order valence-corrected chi connectivity index (χ2v) is 4.62. The molecule has 0 unspecified atom stereocenters. The summed E-state index contributed by atoms with van der Waals surface area (Å²) in [5, 5.41) is 9.83. The van der Waals surface area contributed by atoms with Crippen molar-refractivity contribution in [2.75, 3.05) is 0 Å². The minimum Gasteiger partial charge on any atom is -0.435 e. The normalized spacial score (nSPS) is 11.0. The van der Waals surface area contributed by atoms with Gasteiger partial charge in [0, 0.05) is 11.6 Å². The first-order valence-corrected chi connectivity index (χ1v) is 6.69. The second-order valence-electron chi connectivity index (χ2n) is 4.62. The van der Waals surface area contributed by atoms with Gasteiger partial charge in [-0.25, -0.2) is 14.6 Å². The molecule has 0 spiro atoms. The number of alkyl halides is 2. The predicted octanol–water partition coefficient (Wildman–Crippen LogP) is 1.24. The zero-order valence-corrected chi connectivity index (χ0v) is 12.0. The van der Waals surface area contributed by atoms with E-state index >= 15 is 0 Å². The van der Waals surface area contributed by atoms with Crippen LogP contribution in [0.25, 0.3) is 11.3 Å². The third kappa shape index (κ3) is 3.54. The molecule has 1 aromatic carbocycles. The standard InChI is InChI=1S/C14H10F2N4O4/c15-13(16)23-9-3-1-8(2-4-9)10-5-6-12(21)20(19-10)7-11-17-18-14(22)24-11/h1-6,13H,7H2,(H,18,22). The summed E-state index contributed by atoms with van der Waals surface area (Å²) < 4.78 is 34.3. The van der Waals surface area contributed by atoms with Gasteiger partial charge in [0.05, 0.1) is 5.69 Å². The Hall–Kier alpha value is -3.30. The van der Waals surface area contributed by atoms with E-state index < -0.39 is 17.9 Å². The molecule has 0 aliphatic heterocycles. The Kier molecular flexibility index (Phi) is 4.18. The zero-order valence-electron chi connectivity index (χ0n) is 12.0. The lowest BCUT2D eigenvalue weighted by molar-refractivity contribution is -0.0498. The van der Waals surface area contributed by atoms with Crippen LogP contribution in [0.4, 0.5) is 8.78 Å². The van der Waals surface area contributed by atoms with Crippen molar-refractivity contribution in [1.82, 2.24) is 20.0 Å². The van der Waals surface area contributed by atoms with Crippen molar-refractivity contribution in [3.63, 3.8) is 0 Å². The first-order valence-electron chi connectivity index (χ1n) is 6.69. The highest BCUT2D eigenvalue weighted by atomic mass is 19.3. The van der Waals surface area contributed by atoms with E-state index in [1.165, 1.54) is 36.4 Å². The molecule has 1 N–H and O–H groups in total. The van der Waals surface area contributed by atoms with Gasteiger partial charge in [-0.05, 0) is 30.3 Å². The third-order valence-electron chi connectivity index (χ3n) is 3.01. The van der Waals surface area contributed by atoms with Gasteiger partial charge in [-0.1, -0.05) is 0 Å². The molecule has 2 aromatic heterocycles. The predicted molar refractivity (Wildman–Crippen MR) is 76.8 cm³/mol. The molecule has 10 heteroatoms. The molecule has 0 aliphatic rings. The summed E-state index contributed by atoms with van der Waals surface area (Å²) in [6.07, 6.45) is 0. The maximum Gasteiger partial charge on any atom is 0.434 e. The Bertz CT molecular complexity index is 946. The molecule has 3 aromatic rings. The molecule has 0 aliphatic carbocycles. The smallest absolute Gasteiger partial charge is 0.434 e. The number of nitrogens with one attached hydrogen (secondary N) is 1. The fourth-order valence-corrected chi connectivity index (χ4v) is 1.98. The lowest BCUT2D eigenvalue weighted by Gasteiger charge is -2.07. The minimum absolute atomic E-state index is 0.00688. The van der Waals surface area contributed by atoms with Crippen molar-refractivity contribution in [2.24, 2.45) is 0 Å². The van der Waals surface area contributed by atoms with E-state index in [0.717, 1.165) is 4.68 Å². The quantitative estimate of drug-likeness (QED) is 0.752. The summed E-state index contributed by atoms with van der Waals surface area (Å²) in [6.45, 7) is -3.03. The van der Waals surface area contributed by atoms with E-state index in [1.54, 1.807) is 0 Å². The fourth-order valence-electron chi connectivity index (χ4n) is 1.98. The third-order valence-corrected chi connectivity index (χ3v) is 3.01. The molecule has 0 bridgehead atoms. The monoisotopic (exact) mass is 336 g/mol. The zero-order chi connectivity index (χ0) is 17.1. The van der Waals surface area contributed by atoms with Gasteiger partial charge in [-0.3, -0.25) is 4.79 Å². The van der Waals surface area contributed by atoms with Crippen molar-refractivity contribution < 1.29 is 17.9 Å². The number of rotatable bonds is 5. The highest BCUT2D eigenvalue weighted by Crippen LogP contribution is 2.21. The van der Waals surface area contributed by atoms with Crippen LogP contribution < -0.4 is 16.1 Å². The molecule has 0 saturated carbocycles. The van der Waals surface area contributed by atoms with Crippen molar-refractivity contribution in [2.45, 2.75) is 13.2 Å². The van der Waals surface area contributed by atoms with Gasteiger partial charge >= 0.3 is 12.4 Å². The number of aromatic amines is 1. The van der Waals surface area contributed by atoms with Crippen LogP contribution in [0.15, 0.2) is 50.4 Å². The number of nitrogens with zero attached hydrogens (tertiary/aromatic N) is 3. The maximum atomic E-state index is 12.1. The number of benzene rings is 1. The average Bonchev–Trinajstić information content (AvgIpc) is 2.95. The molecule has 0 atom stereocenters. The summed E-state index contributed by atoms with van der Waals surface area (Å²) in [4.78, 5) is 22.7. The van der Waals surface area contributed by atoms with Crippen LogP contribution in [0, 0.1) is 0 Å². The van der Waals surface area contributed by atoms with Crippen molar-refractivity contribution in [1.29, 1.82) is 0 Å². The van der Waals surface area contributed by atoms with E-state index in [2.05, 4.69) is 20.0 Å². The number of hydrogen-bond donors (Lipinski definition) is 1. The van der Waals surface area contributed by atoms with Gasteiger partial charge in [0.15, 0.2) is 0 Å². The number of aromatic nitrogens is 4. The molecule has 0 amide bonds. The molecule has 124 valence electrons. The molecular weight excluding hydrogens is 326 g/mol. The second kappa shape index (κ2) is 6.44. The van der Waals surface area contributed by atoms with Crippen LogP contribution in [0.5, 0.6) is 5.75 Å². The summed E-state index contributed by atoms with van der Waals surface area (Å²) in [5.74, 6) is -0.711. The Balaban J connectivity index is 1.87. The topological polar surface area (TPSA) is 103 Å². The van der Waals surface area contributed by atoms with E-state index in [0.29, 0.717) is 11.3 Å². The van der Waals surface area contributed by atoms with Gasteiger partial charge in [0.2, 0.25) is 5.89 Å². The average molecular weight is 336 g/mol. The summed E-state index contributed by atoms with van der Waals surface area (Å²) in [6, 6.07) is 8.57. The van der Waals surface area contributed by atoms with E-state index in [9.17, 15) is 18.4 Å². The van der Waals surface area contributed by atoms with Crippen LogP contribution in [-0.2, 0) is 6.54 Å². The van der Waals surface area contributed by atoms with Gasteiger partial charge in [0.1, 0.15) is 12.3 Å². The van der Waals surface area contributed by atoms with Crippen molar-refractivity contribution in [3.8, 4) is 17.0 Å².